The first-order valence-corrected chi connectivity index (χ1v) is 6.62. The van der Waals surface area contributed by atoms with E-state index in [0.717, 1.165) is 24.3 Å². The minimum Gasteiger partial charge on any atom is -0.326 e. The molecule has 0 saturated heterocycles. The van der Waals surface area contributed by atoms with Crippen LogP contribution in [-0.4, -0.2) is 19.6 Å². The van der Waals surface area contributed by atoms with Gasteiger partial charge in [-0.05, 0) is 68.7 Å². The summed E-state index contributed by atoms with van der Waals surface area (Å²) >= 11 is 0. The highest BCUT2D eigenvalue weighted by Gasteiger charge is 2.53. The molecule has 4 fully saturated rings. The fraction of sp³-hybridized carbons (Fsp3) is 1.00. The molecule has 0 aromatic rings. The average Bonchev–Trinajstić information content (AvgIpc) is 2.15. The Morgan fingerprint density at radius 3 is 2.00 bits per heavy atom. The molecule has 3 N–H and O–H groups in total. The molecule has 0 aromatic heterocycles. The van der Waals surface area contributed by atoms with Crippen molar-refractivity contribution in [3.8, 4) is 0 Å². The van der Waals surface area contributed by atoms with Gasteiger partial charge in [0, 0.05) is 12.6 Å². The van der Waals surface area contributed by atoms with Crippen LogP contribution in [0.2, 0.25) is 0 Å². The summed E-state index contributed by atoms with van der Waals surface area (Å²) in [5.74, 6) is 3.08. The number of nitrogens with two attached hydrogens (primary N) is 1. The first kappa shape index (κ1) is 10.1. The van der Waals surface area contributed by atoms with Crippen molar-refractivity contribution in [3.05, 3.63) is 0 Å². The predicted octanol–water partition coefficient (Wildman–Crippen LogP) is 1.75. The van der Waals surface area contributed by atoms with E-state index in [1.165, 1.54) is 38.5 Å². The zero-order valence-corrected chi connectivity index (χ0v) is 9.84. The molecule has 0 aliphatic heterocycles. The average molecular weight is 208 g/mol. The molecule has 4 bridgehead atoms. The smallest absolute Gasteiger partial charge is 0.0222 e. The topological polar surface area (TPSA) is 38.0 Å². The third-order valence-corrected chi connectivity index (χ3v) is 5.30. The molecule has 4 saturated carbocycles. The van der Waals surface area contributed by atoms with Crippen LogP contribution in [0.25, 0.3) is 0 Å². The van der Waals surface area contributed by atoms with E-state index < -0.39 is 0 Å². The van der Waals surface area contributed by atoms with Gasteiger partial charge in [-0.1, -0.05) is 0 Å². The maximum Gasteiger partial charge on any atom is 0.0222 e. The summed E-state index contributed by atoms with van der Waals surface area (Å²) in [6.45, 7) is 1.01. The summed E-state index contributed by atoms with van der Waals surface area (Å²) < 4.78 is 0. The van der Waals surface area contributed by atoms with Gasteiger partial charge < -0.3 is 11.1 Å². The fourth-order valence-corrected chi connectivity index (χ4v) is 5.07. The summed E-state index contributed by atoms with van der Waals surface area (Å²) in [7, 11) is 2.03. The Kier molecular flexibility index (Phi) is 2.33. The van der Waals surface area contributed by atoms with E-state index in [1.54, 1.807) is 0 Å². The van der Waals surface area contributed by atoms with Crippen LogP contribution in [0.15, 0.2) is 0 Å². The van der Waals surface area contributed by atoms with E-state index in [2.05, 4.69) is 5.32 Å². The molecule has 15 heavy (non-hydrogen) atoms. The minimum absolute atomic E-state index is 0.399. The van der Waals surface area contributed by atoms with E-state index in [-0.39, 0.29) is 0 Å². The third kappa shape index (κ3) is 1.53. The molecule has 0 aromatic carbocycles. The number of rotatable bonds is 3. The first-order chi connectivity index (χ1) is 7.22. The molecule has 0 radical (unpaired) electrons. The number of likely N-dealkylation sites (N-methyl/N-ethyl adjacent to an activating group) is 1. The van der Waals surface area contributed by atoms with E-state index in [9.17, 15) is 0 Å². The lowest BCUT2D eigenvalue weighted by atomic mass is 9.48. The van der Waals surface area contributed by atoms with E-state index in [0.29, 0.717) is 11.5 Å². The van der Waals surface area contributed by atoms with Crippen molar-refractivity contribution < 1.29 is 0 Å². The summed E-state index contributed by atoms with van der Waals surface area (Å²) in [6, 6.07) is 0.399. The molecule has 0 spiro atoms. The van der Waals surface area contributed by atoms with Crippen LogP contribution >= 0.6 is 0 Å². The molecule has 86 valence electrons. The molecular weight excluding hydrogens is 184 g/mol. The molecule has 2 heteroatoms. The Morgan fingerprint density at radius 2 is 1.60 bits per heavy atom. The van der Waals surface area contributed by atoms with E-state index >= 15 is 0 Å². The van der Waals surface area contributed by atoms with Gasteiger partial charge in [-0.2, -0.15) is 0 Å². The normalized spacial score (nSPS) is 49.6. The highest BCUT2D eigenvalue weighted by atomic mass is 14.9. The molecule has 4 rings (SSSR count). The molecule has 1 unspecified atom stereocenters. The summed E-state index contributed by atoms with van der Waals surface area (Å²) in [4.78, 5) is 0. The Bertz CT molecular complexity index is 214. The number of hydrogen-bond acceptors (Lipinski definition) is 2. The second kappa shape index (κ2) is 3.46. The van der Waals surface area contributed by atoms with Gasteiger partial charge in [0.2, 0.25) is 0 Å². The van der Waals surface area contributed by atoms with Crippen molar-refractivity contribution in [2.24, 2.45) is 28.9 Å². The van der Waals surface area contributed by atoms with E-state index in [4.69, 9.17) is 5.73 Å². The van der Waals surface area contributed by atoms with Crippen LogP contribution < -0.4 is 11.1 Å². The molecule has 1 atom stereocenters. The van der Waals surface area contributed by atoms with Crippen LogP contribution in [0.3, 0.4) is 0 Å². The predicted molar refractivity (Wildman–Crippen MR) is 62.5 cm³/mol. The SMILES string of the molecule is CNCC(N)C12CC3CC(CC(C3)C1)C2. The fourth-order valence-electron chi connectivity index (χ4n) is 5.07. The van der Waals surface area contributed by atoms with Crippen LogP contribution in [-0.2, 0) is 0 Å². The first-order valence-electron chi connectivity index (χ1n) is 6.62. The van der Waals surface area contributed by atoms with Crippen LogP contribution in [0, 0.1) is 23.2 Å². The van der Waals surface area contributed by atoms with Crippen LogP contribution in [0.4, 0.5) is 0 Å². The molecule has 0 amide bonds. The Hall–Kier alpha value is -0.0800. The zero-order valence-electron chi connectivity index (χ0n) is 9.84. The lowest BCUT2D eigenvalue weighted by Crippen LogP contribution is -2.57. The second-order valence-electron chi connectivity index (χ2n) is 6.44. The highest BCUT2D eigenvalue weighted by molar-refractivity contribution is 5.05. The van der Waals surface area contributed by atoms with Gasteiger partial charge in [0.15, 0.2) is 0 Å². The molecule has 4 aliphatic carbocycles. The largest absolute Gasteiger partial charge is 0.326 e. The van der Waals surface area contributed by atoms with Crippen LogP contribution in [0.1, 0.15) is 38.5 Å². The van der Waals surface area contributed by atoms with Crippen molar-refractivity contribution in [2.75, 3.05) is 13.6 Å². The monoisotopic (exact) mass is 208 g/mol. The lowest BCUT2D eigenvalue weighted by Gasteiger charge is -2.59. The van der Waals surface area contributed by atoms with Crippen molar-refractivity contribution in [2.45, 2.75) is 44.6 Å². The van der Waals surface area contributed by atoms with Crippen molar-refractivity contribution in [1.29, 1.82) is 0 Å². The van der Waals surface area contributed by atoms with Gasteiger partial charge in [0.25, 0.3) is 0 Å². The van der Waals surface area contributed by atoms with Gasteiger partial charge in [-0.15, -0.1) is 0 Å². The van der Waals surface area contributed by atoms with Crippen molar-refractivity contribution in [3.63, 3.8) is 0 Å². The lowest BCUT2D eigenvalue weighted by molar-refractivity contribution is -0.0662. The molecule has 4 aliphatic rings. The van der Waals surface area contributed by atoms with Gasteiger partial charge in [0.05, 0.1) is 0 Å². The maximum atomic E-state index is 6.42. The highest BCUT2D eigenvalue weighted by Crippen LogP contribution is 2.60. The summed E-state index contributed by atoms with van der Waals surface area (Å²) in [5, 5.41) is 3.27. The van der Waals surface area contributed by atoms with Gasteiger partial charge in [-0.25, -0.2) is 0 Å². The summed E-state index contributed by atoms with van der Waals surface area (Å²) in [6.07, 6.45) is 8.86. The van der Waals surface area contributed by atoms with Gasteiger partial charge >= 0.3 is 0 Å². The standard InChI is InChI=1S/C13H24N2/c1-15-8-12(14)13-5-9-2-10(6-13)4-11(3-9)7-13/h9-12,15H,2-8,14H2,1H3. The second-order valence-corrected chi connectivity index (χ2v) is 6.44. The number of nitrogens with one attached hydrogen (secondary N) is 1. The Labute approximate surface area is 93.0 Å². The zero-order chi connectivity index (χ0) is 10.5. The van der Waals surface area contributed by atoms with E-state index in [1.807, 2.05) is 7.05 Å². The minimum atomic E-state index is 0.399. The van der Waals surface area contributed by atoms with Crippen molar-refractivity contribution in [1.82, 2.24) is 5.32 Å². The Balaban J connectivity index is 1.80. The molecule has 2 nitrogen and oxygen atoms in total. The van der Waals surface area contributed by atoms with Gasteiger partial charge in [-0.3, -0.25) is 0 Å². The van der Waals surface area contributed by atoms with Gasteiger partial charge in [0.1, 0.15) is 0 Å². The quantitative estimate of drug-likeness (QED) is 0.741. The number of hydrogen-bond donors (Lipinski definition) is 2. The third-order valence-electron chi connectivity index (χ3n) is 5.30. The molecule has 0 heterocycles. The summed E-state index contributed by atoms with van der Waals surface area (Å²) in [5.41, 5.74) is 6.95. The Morgan fingerprint density at radius 1 is 1.13 bits per heavy atom. The van der Waals surface area contributed by atoms with Crippen LogP contribution in [0.5, 0.6) is 0 Å². The maximum absolute atomic E-state index is 6.42. The van der Waals surface area contributed by atoms with Crippen molar-refractivity contribution >= 4 is 0 Å². The molecular formula is C13H24N2.